The van der Waals surface area contributed by atoms with Crippen molar-refractivity contribution in [1.82, 2.24) is 4.98 Å². The van der Waals surface area contributed by atoms with Crippen molar-refractivity contribution in [3.63, 3.8) is 0 Å². The van der Waals surface area contributed by atoms with Crippen LogP contribution in [0.15, 0.2) is 72.9 Å². The highest BCUT2D eigenvalue weighted by Crippen LogP contribution is 2.34. The fourth-order valence-corrected chi connectivity index (χ4v) is 3.12. The van der Waals surface area contributed by atoms with E-state index < -0.39 is 0 Å². The Morgan fingerprint density at radius 1 is 0.783 bits per heavy atom. The smallest absolute Gasteiger partial charge is 0.123 e. The Labute approximate surface area is 139 Å². The lowest BCUT2D eigenvalue weighted by Crippen LogP contribution is -1.83. The van der Waals surface area contributed by atoms with Crippen LogP contribution < -0.4 is 0 Å². The minimum absolute atomic E-state index is 0.284. The van der Waals surface area contributed by atoms with Crippen molar-refractivity contribution >= 4 is 22.5 Å². The molecule has 0 spiro atoms. The van der Waals surface area contributed by atoms with Gasteiger partial charge in [0.2, 0.25) is 0 Å². The summed E-state index contributed by atoms with van der Waals surface area (Å²) in [4.78, 5) is 3.16. The number of hydrogen-bond donors (Lipinski definition) is 2. The number of aromatic nitrogens is 1. The standard InChI is InChI=1S/C20H14ClNO/c21-18-12-19-15(9-10-22-19)11-17(18)14-7-5-13(6-8-14)16-3-1-2-4-20(16)23/h1-12,22-23H. The second-order valence-electron chi connectivity index (χ2n) is 5.49. The normalized spacial score (nSPS) is 11.0. The number of H-pyrrole nitrogens is 1. The third-order valence-corrected chi connectivity index (χ3v) is 4.36. The molecule has 0 saturated carbocycles. The van der Waals surface area contributed by atoms with E-state index in [-0.39, 0.29) is 5.75 Å². The molecule has 1 heterocycles. The number of phenols is 1. The van der Waals surface area contributed by atoms with Gasteiger partial charge in [-0.05, 0) is 35.4 Å². The van der Waals surface area contributed by atoms with Crippen LogP contribution in [0.2, 0.25) is 5.02 Å². The lowest BCUT2D eigenvalue weighted by molar-refractivity contribution is 0.477. The van der Waals surface area contributed by atoms with E-state index in [2.05, 4.69) is 11.1 Å². The maximum Gasteiger partial charge on any atom is 0.123 e. The lowest BCUT2D eigenvalue weighted by Gasteiger charge is -2.08. The highest BCUT2D eigenvalue weighted by Gasteiger charge is 2.08. The second kappa shape index (κ2) is 5.49. The van der Waals surface area contributed by atoms with Crippen LogP contribution in [0.25, 0.3) is 33.2 Å². The molecule has 2 N–H and O–H groups in total. The summed E-state index contributed by atoms with van der Waals surface area (Å²) in [5.41, 5.74) is 4.89. The minimum Gasteiger partial charge on any atom is -0.507 e. The number of aromatic hydroxyl groups is 1. The Hall–Kier alpha value is -2.71. The topological polar surface area (TPSA) is 36.0 Å². The molecule has 0 bridgehead atoms. The predicted octanol–water partition coefficient (Wildman–Crippen LogP) is 5.86. The molecule has 0 fully saturated rings. The highest BCUT2D eigenvalue weighted by molar-refractivity contribution is 6.34. The minimum atomic E-state index is 0.284. The summed E-state index contributed by atoms with van der Waals surface area (Å²) in [6.07, 6.45) is 1.91. The molecule has 0 amide bonds. The Morgan fingerprint density at radius 2 is 1.48 bits per heavy atom. The van der Waals surface area contributed by atoms with E-state index in [1.165, 1.54) is 0 Å². The number of benzene rings is 3. The van der Waals surface area contributed by atoms with Gasteiger partial charge in [0.15, 0.2) is 0 Å². The number of aromatic amines is 1. The van der Waals surface area contributed by atoms with Crippen molar-refractivity contribution < 1.29 is 5.11 Å². The molecule has 4 rings (SSSR count). The number of nitrogens with one attached hydrogen (secondary N) is 1. The largest absolute Gasteiger partial charge is 0.507 e. The van der Waals surface area contributed by atoms with Gasteiger partial charge in [0.05, 0.1) is 5.02 Å². The molecule has 0 unspecified atom stereocenters. The van der Waals surface area contributed by atoms with E-state index >= 15 is 0 Å². The molecular formula is C20H14ClNO. The summed E-state index contributed by atoms with van der Waals surface area (Å²) in [5.74, 6) is 0.284. The molecule has 0 atom stereocenters. The van der Waals surface area contributed by atoms with Gasteiger partial charge in [0.1, 0.15) is 5.75 Å². The van der Waals surface area contributed by atoms with Crippen LogP contribution in [0.3, 0.4) is 0 Å². The first-order valence-corrected chi connectivity index (χ1v) is 7.75. The van der Waals surface area contributed by atoms with E-state index in [1.807, 2.05) is 60.8 Å². The molecule has 3 aromatic carbocycles. The first-order valence-electron chi connectivity index (χ1n) is 7.38. The zero-order chi connectivity index (χ0) is 15.8. The van der Waals surface area contributed by atoms with Gasteiger partial charge in [-0.1, -0.05) is 54.1 Å². The summed E-state index contributed by atoms with van der Waals surface area (Å²) >= 11 is 6.42. The first-order chi connectivity index (χ1) is 11.2. The number of para-hydroxylation sites is 1. The molecule has 4 aromatic rings. The molecule has 112 valence electrons. The van der Waals surface area contributed by atoms with Crippen molar-refractivity contribution in [2.45, 2.75) is 0 Å². The van der Waals surface area contributed by atoms with Crippen molar-refractivity contribution in [3.05, 3.63) is 77.9 Å². The third-order valence-electron chi connectivity index (χ3n) is 4.05. The van der Waals surface area contributed by atoms with Crippen LogP contribution in [0.1, 0.15) is 0 Å². The predicted molar refractivity (Wildman–Crippen MR) is 95.8 cm³/mol. The summed E-state index contributed by atoms with van der Waals surface area (Å²) in [6.45, 7) is 0. The second-order valence-corrected chi connectivity index (χ2v) is 5.90. The Balaban J connectivity index is 1.78. The molecule has 0 aliphatic rings. The molecule has 0 aliphatic carbocycles. The third kappa shape index (κ3) is 2.47. The molecule has 0 radical (unpaired) electrons. The SMILES string of the molecule is Oc1ccccc1-c1ccc(-c2cc3cc[nH]c3cc2Cl)cc1. The van der Waals surface area contributed by atoms with Crippen LogP contribution in [0.5, 0.6) is 5.75 Å². The maximum atomic E-state index is 9.96. The zero-order valence-electron chi connectivity index (χ0n) is 12.3. The number of rotatable bonds is 2. The van der Waals surface area contributed by atoms with Gasteiger partial charge < -0.3 is 10.1 Å². The molecule has 3 heteroatoms. The fourth-order valence-electron chi connectivity index (χ4n) is 2.84. The number of phenolic OH excluding ortho intramolecular Hbond substituents is 1. The van der Waals surface area contributed by atoms with E-state index in [1.54, 1.807) is 6.07 Å². The molecule has 2 nitrogen and oxygen atoms in total. The molecular weight excluding hydrogens is 306 g/mol. The van der Waals surface area contributed by atoms with Gasteiger partial charge in [-0.15, -0.1) is 0 Å². The molecule has 0 aliphatic heterocycles. The number of fused-ring (bicyclic) bond motifs is 1. The summed E-state index contributed by atoms with van der Waals surface area (Å²) in [5, 5.41) is 11.8. The Bertz CT molecular complexity index is 986. The van der Waals surface area contributed by atoms with Crippen LogP contribution in [-0.2, 0) is 0 Å². The molecule has 0 saturated heterocycles. The van der Waals surface area contributed by atoms with Crippen molar-refractivity contribution in [1.29, 1.82) is 0 Å². The number of halogens is 1. The number of hydrogen-bond acceptors (Lipinski definition) is 1. The average molecular weight is 320 g/mol. The van der Waals surface area contributed by atoms with E-state index in [0.29, 0.717) is 0 Å². The van der Waals surface area contributed by atoms with Crippen LogP contribution in [0.4, 0.5) is 0 Å². The zero-order valence-corrected chi connectivity index (χ0v) is 13.0. The lowest BCUT2D eigenvalue weighted by atomic mass is 9.99. The van der Waals surface area contributed by atoms with Gasteiger partial charge in [-0.25, -0.2) is 0 Å². The monoisotopic (exact) mass is 319 g/mol. The highest BCUT2D eigenvalue weighted by atomic mass is 35.5. The van der Waals surface area contributed by atoms with Crippen molar-refractivity contribution in [2.24, 2.45) is 0 Å². The van der Waals surface area contributed by atoms with Crippen LogP contribution in [-0.4, -0.2) is 10.1 Å². The van der Waals surface area contributed by atoms with E-state index in [9.17, 15) is 5.11 Å². The Kier molecular flexibility index (Phi) is 3.32. The fraction of sp³-hybridized carbons (Fsp3) is 0. The van der Waals surface area contributed by atoms with Crippen molar-refractivity contribution in [3.8, 4) is 28.0 Å². The van der Waals surface area contributed by atoms with E-state index in [4.69, 9.17) is 11.6 Å². The van der Waals surface area contributed by atoms with Crippen LogP contribution in [0, 0.1) is 0 Å². The van der Waals surface area contributed by atoms with Gasteiger partial charge in [0.25, 0.3) is 0 Å². The average Bonchev–Trinajstić information content (AvgIpc) is 3.02. The van der Waals surface area contributed by atoms with Gasteiger partial charge in [0, 0.05) is 28.2 Å². The Morgan fingerprint density at radius 3 is 2.22 bits per heavy atom. The van der Waals surface area contributed by atoms with Gasteiger partial charge in [-0.3, -0.25) is 0 Å². The molecule has 1 aromatic heterocycles. The quantitative estimate of drug-likeness (QED) is 0.477. The summed E-state index contributed by atoms with van der Waals surface area (Å²) in [7, 11) is 0. The summed E-state index contributed by atoms with van der Waals surface area (Å²) < 4.78 is 0. The maximum absolute atomic E-state index is 9.96. The van der Waals surface area contributed by atoms with E-state index in [0.717, 1.165) is 38.2 Å². The first kappa shape index (κ1) is 13.9. The van der Waals surface area contributed by atoms with Crippen molar-refractivity contribution in [2.75, 3.05) is 0 Å². The van der Waals surface area contributed by atoms with Gasteiger partial charge in [-0.2, -0.15) is 0 Å². The summed E-state index contributed by atoms with van der Waals surface area (Å²) in [6, 6.07) is 21.5. The van der Waals surface area contributed by atoms with Crippen LogP contribution >= 0.6 is 11.6 Å². The molecule has 23 heavy (non-hydrogen) atoms. The van der Waals surface area contributed by atoms with Gasteiger partial charge >= 0.3 is 0 Å².